The first kappa shape index (κ1) is 18.2. The molecule has 0 spiro atoms. The van der Waals surface area contributed by atoms with Crippen LogP contribution >= 0.6 is 0 Å². The second-order valence-corrected chi connectivity index (χ2v) is 10.0. The van der Waals surface area contributed by atoms with Crippen molar-refractivity contribution in [2.75, 3.05) is 6.61 Å². The van der Waals surface area contributed by atoms with Gasteiger partial charge in [0.25, 0.3) is 0 Å². The number of carboxylic acids is 1. The highest BCUT2D eigenvalue weighted by Gasteiger charge is 2.66. The molecule has 4 nitrogen and oxygen atoms in total. The topological polar surface area (TPSA) is 77.8 Å². The molecule has 3 N–H and O–H groups in total. The minimum absolute atomic E-state index is 0.183. The van der Waals surface area contributed by atoms with E-state index in [4.69, 9.17) is 0 Å². The fraction of sp³-hybridized carbons (Fsp3) is 0.950. The van der Waals surface area contributed by atoms with Gasteiger partial charge in [0.15, 0.2) is 5.60 Å². The standard InChI is InChI=1S/C20H34O4/c1-17(2)8-5-9-18(3)13(17)6-10-19(4)14(18)7-11-20(24,16(22)23)15(19)12-21/h13-15,21,24H,5-12H2,1-4H3,(H,22,23)/t13-,14+,15-,18-,19+,20+/m0/s1. The Morgan fingerprint density at radius 2 is 1.58 bits per heavy atom. The summed E-state index contributed by atoms with van der Waals surface area (Å²) < 4.78 is 0. The average Bonchev–Trinajstić information content (AvgIpc) is 2.45. The molecule has 0 radical (unpaired) electrons. The molecule has 6 atom stereocenters. The van der Waals surface area contributed by atoms with E-state index in [0.29, 0.717) is 17.3 Å². The summed E-state index contributed by atoms with van der Waals surface area (Å²) in [6, 6.07) is 0. The molecular weight excluding hydrogens is 304 g/mol. The second-order valence-electron chi connectivity index (χ2n) is 10.0. The molecule has 0 heterocycles. The highest BCUT2D eigenvalue weighted by Crippen LogP contribution is 2.69. The maximum absolute atomic E-state index is 11.8. The van der Waals surface area contributed by atoms with Crippen LogP contribution in [0.1, 0.15) is 72.6 Å². The van der Waals surface area contributed by atoms with Gasteiger partial charge in [-0.3, -0.25) is 0 Å². The lowest BCUT2D eigenvalue weighted by atomic mass is 9.38. The average molecular weight is 338 g/mol. The molecule has 3 aliphatic rings. The van der Waals surface area contributed by atoms with E-state index in [1.165, 1.54) is 19.3 Å². The number of hydrogen-bond acceptors (Lipinski definition) is 3. The molecule has 0 saturated heterocycles. The van der Waals surface area contributed by atoms with Gasteiger partial charge in [-0.05, 0) is 66.6 Å². The van der Waals surface area contributed by atoms with Crippen molar-refractivity contribution < 1.29 is 20.1 Å². The molecule has 3 rings (SSSR count). The van der Waals surface area contributed by atoms with E-state index >= 15 is 0 Å². The van der Waals surface area contributed by atoms with Gasteiger partial charge in [0.1, 0.15) is 0 Å². The summed E-state index contributed by atoms with van der Waals surface area (Å²) >= 11 is 0. The fourth-order valence-electron chi connectivity index (χ4n) is 7.46. The van der Waals surface area contributed by atoms with Gasteiger partial charge >= 0.3 is 5.97 Å². The summed E-state index contributed by atoms with van der Waals surface area (Å²) in [5.74, 6) is -0.728. The predicted molar refractivity (Wildman–Crippen MR) is 92.5 cm³/mol. The summed E-state index contributed by atoms with van der Waals surface area (Å²) in [7, 11) is 0. The van der Waals surface area contributed by atoms with Crippen molar-refractivity contribution in [3.63, 3.8) is 0 Å². The number of aliphatic carboxylic acids is 1. The highest BCUT2D eigenvalue weighted by atomic mass is 16.4. The minimum atomic E-state index is -1.78. The molecule has 0 aromatic rings. The maximum Gasteiger partial charge on any atom is 0.336 e. The Morgan fingerprint density at radius 1 is 0.958 bits per heavy atom. The molecule has 4 heteroatoms. The number of aliphatic hydroxyl groups excluding tert-OH is 1. The summed E-state index contributed by atoms with van der Waals surface area (Å²) in [4.78, 5) is 11.8. The van der Waals surface area contributed by atoms with E-state index in [0.717, 1.165) is 19.3 Å². The Hall–Kier alpha value is -0.610. The van der Waals surface area contributed by atoms with Crippen molar-refractivity contribution in [3.05, 3.63) is 0 Å². The molecule has 3 fully saturated rings. The molecule has 0 aliphatic heterocycles. The molecule has 24 heavy (non-hydrogen) atoms. The van der Waals surface area contributed by atoms with Crippen LogP contribution in [0.5, 0.6) is 0 Å². The van der Waals surface area contributed by atoms with Crippen molar-refractivity contribution in [3.8, 4) is 0 Å². The lowest BCUT2D eigenvalue weighted by molar-refractivity contribution is -0.228. The van der Waals surface area contributed by atoms with Crippen LogP contribution in [-0.2, 0) is 4.79 Å². The van der Waals surface area contributed by atoms with Gasteiger partial charge < -0.3 is 15.3 Å². The van der Waals surface area contributed by atoms with Gasteiger partial charge in [0, 0.05) is 12.5 Å². The quantitative estimate of drug-likeness (QED) is 0.720. The van der Waals surface area contributed by atoms with Crippen LogP contribution in [0.15, 0.2) is 0 Å². The molecular formula is C20H34O4. The number of fused-ring (bicyclic) bond motifs is 3. The third kappa shape index (κ3) is 2.21. The molecule has 0 bridgehead atoms. The van der Waals surface area contributed by atoms with Gasteiger partial charge in [-0.15, -0.1) is 0 Å². The lowest BCUT2D eigenvalue weighted by Gasteiger charge is -2.67. The molecule has 0 aromatic heterocycles. The van der Waals surface area contributed by atoms with Crippen molar-refractivity contribution >= 4 is 5.97 Å². The fourth-order valence-corrected chi connectivity index (χ4v) is 7.46. The van der Waals surface area contributed by atoms with E-state index in [9.17, 15) is 20.1 Å². The number of carboxylic acid groups (broad SMARTS) is 1. The van der Waals surface area contributed by atoms with E-state index in [2.05, 4.69) is 27.7 Å². The number of carbonyl (C=O) groups is 1. The molecule has 3 aliphatic carbocycles. The van der Waals surface area contributed by atoms with E-state index < -0.39 is 17.5 Å². The Labute approximate surface area is 145 Å². The smallest absolute Gasteiger partial charge is 0.336 e. The van der Waals surface area contributed by atoms with E-state index in [1.54, 1.807) is 0 Å². The van der Waals surface area contributed by atoms with Crippen molar-refractivity contribution in [1.29, 1.82) is 0 Å². The monoisotopic (exact) mass is 338 g/mol. The Bertz CT molecular complexity index is 530. The molecule has 0 aromatic carbocycles. The lowest BCUT2D eigenvalue weighted by Crippen LogP contribution is -2.65. The first-order valence-corrected chi connectivity index (χ1v) is 9.59. The van der Waals surface area contributed by atoms with Crippen LogP contribution < -0.4 is 0 Å². The third-order valence-corrected chi connectivity index (χ3v) is 8.58. The van der Waals surface area contributed by atoms with Crippen LogP contribution in [0.2, 0.25) is 0 Å². The molecule has 0 unspecified atom stereocenters. The van der Waals surface area contributed by atoms with Gasteiger partial charge in [-0.2, -0.15) is 0 Å². The Morgan fingerprint density at radius 3 is 2.17 bits per heavy atom. The van der Waals surface area contributed by atoms with Crippen molar-refractivity contribution in [2.45, 2.75) is 78.2 Å². The van der Waals surface area contributed by atoms with Crippen LogP contribution in [0.4, 0.5) is 0 Å². The zero-order valence-electron chi connectivity index (χ0n) is 15.6. The summed E-state index contributed by atoms with van der Waals surface area (Å²) in [5, 5.41) is 30.5. The van der Waals surface area contributed by atoms with Crippen molar-refractivity contribution in [1.82, 2.24) is 0 Å². The van der Waals surface area contributed by atoms with Crippen molar-refractivity contribution in [2.24, 2.45) is 34.0 Å². The largest absolute Gasteiger partial charge is 0.479 e. The number of aliphatic hydroxyl groups is 2. The van der Waals surface area contributed by atoms with Crippen LogP contribution in [0, 0.1) is 34.0 Å². The molecule has 0 amide bonds. The Kier molecular flexibility index (Phi) is 4.12. The van der Waals surface area contributed by atoms with E-state index in [1.807, 2.05) is 0 Å². The second kappa shape index (κ2) is 5.44. The number of hydrogen-bond donors (Lipinski definition) is 3. The third-order valence-electron chi connectivity index (χ3n) is 8.58. The predicted octanol–water partition coefficient (Wildman–Crippen LogP) is 3.45. The molecule has 138 valence electrons. The summed E-state index contributed by atoms with van der Waals surface area (Å²) in [5.41, 5.74) is -1.59. The minimum Gasteiger partial charge on any atom is -0.479 e. The van der Waals surface area contributed by atoms with Crippen LogP contribution in [0.25, 0.3) is 0 Å². The summed E-state index contributed by atoms with van der Waals surface area (Å²) in [6.45, 7) is 9.06. The molecule has 3 saturated carbocycles. The summed E-state index contributed by atoms with van der Waals surface area (Å²) in [6.07, 6.45) is 6.66. The van der Waals surface area contributed by atoms with Gasteiger partial charge in [0.2, 0.25) is 0 Å². The first-order valence-electron chi connectivity index (χ1n) is 9.59. The Balaban J connectivity index is 2.03. The normalized spacial score (nSPS) is 50.7. The van der Waals surface area contributed by atoms with Gasteiger partial charge in [0.05, 0.1) is 0 Å². The maximum atomic E-state index is 11.8. The van der Waals surface area contributed by atoms with Gasteiger partial charge in [-0.1, -0.05) is 34.1 Å². The van der Waals surface area contributed by atoms with E-state index in [-0.39, 0.29) is 23.9 Å². The SMILES string of the molecule is CC1(C)CCC[C@]2(C)[C@H]3CC[C@](O)(C(=O)O)[C@@H](CO)[C@]3(C)CC[C@@H]12. The van der Waals surface area contributed by atoms with Crippen LogP contribution in [0.3, 0.4) is 0 Å². The number of rotatable bonds is 2. The zero-order chi connectivity index (χ0) is 18.0. The zero-order valence-corrected chi connectivity index (χ0v) is 15.6. The first-order chi connectivity index (χ1) is 11.0. The van der Waals surface area contributed by atoms with Crippen LogP contribution in [-0.4, -0.2) is 33.5 Å². The highest BCUT2D eigenvalue weighted by molar-refractivity contribution is 5.78. The van der Waals surface area contributed by atoms with Gasteiger partial charge in [-0.25, -0.2) is 4.79 Å².